The summed E-state index contributed by atoms with van der Waals surface area (Å²) in [6.07, 6.45) is 4.08. The summed E-state index contributed by atoms with van der Waals surface area (Å²) in [4.78, 5) is 12.5. The highest BCUT2D eigenvalue weighted by atomic mass is 32.2. The zero-order chi connectivity index (χ0) is 20.1. The predicted octanol–water partition coefficient (Wildman–Crippen LogP) is 3.03. The Morgan fingerprint density at radius 2 is 1.75 bits per heavy atom. The van der Waals surface area contributed by atoms with Crippen LogP contribution >= 0.6 is 0 Å². The molecule has 3 rings (SSSR count). The van der Waals surface area contributed by atoms with Crippen molar-refractivity contribution in [1.29, 1.82) is 0 Å². The molecule has 2 aromatic carbocycles. The molecule has 0 aromatic heterocycles. The van der Waals surface area contributed by atoms with Gasteiger partial charge < -0.3 is 5.32 Å². The quantitative estimate of drug-likeness (QED) is 0.771. The largest absolute Gasteiger partial charge is 0.351 e. The smallest absolute Gasteiger partial charge is 0.243 e. The van der Waals surface area contributed by atoms with Gasteiger partial charge in [0.15, 0.2) is 0 Å². The van der Waals surface area contributed by atoms with Crippen LogP contribution in [0, 0.1) is 5.82 Å². The van der Waals surface area contributed by atoms with Gasteiger partial charge >= 0.3 is 0 Å². The third-order valence-corrected chi connectivity index (χ3v) is 6.95. The molecule has 1 N–H and O–H groups in total. The Labute approximate surface area is 165 Å². The van der Waals surface area contributed by atoms with Gasteiger partial charge in [0.25, 0.3) is 0 Å². The van der Waals surface area contributed by atoms with Crippen LogP contribution < -0.4 is 5.32 Å². The molecule has 0 atom stereocenters. The van der Waals surface area contributed by atoms with Crippen molar-refractivity contribution in [2.75, 3.05) is 13.1 Å². The van der Waals surface area contributed by atoms with Crippen LogP contribution in [0.1, 0.15) is 36.5 Å². The summed E-state index contributed by atoms with van der Waals surface area (Å²) in [7, 11) is -3.75. The van der Waals surface area contributed by atoms with E-state index in [2.05, 4.69) is 5.32 Å². The van der Waals surface area contributed by atoms with E-state index < -0.39 is 15.9 Å². The maximum Gasteiger partial charge on any atom is 0.243 e. The first-order valence-corrected chi connectivity index (χ1v) is 11.0. The molecule has 0 fully saturated rings. The van der Waals surface area contributed by atoms with Gasteiger partial charge in [0.05, 0.1) is 11.4 Å². The van der Waals surface area contributed by atoms with Crippen molar-refractivity contribution >= 4 is 15.9 Å². The molecule has 0 radical (unpaired) electrons. The molecule has 150 valence electrons. The summed E-state index contributed by atoms with van der Waals surface area (Å²) in [5, 5.41) is 2.69. The number of nitrogens with one attached hydrogen (secondary N) is 1. The fourth-order valence-electron chi connectivity index (χ4n) is 3.41. The normalized spacial score (nSPS) is 14.0. The van der Waals surface area contributed by atoms with Crippen molar-refractivity contribution in [3.63, 3.8) is 0 Å². The number of benzene rings is 2. The molecule has 5 nitrogen and oxygen atoms in total. The third-order valence-electron chi connectivity index (χ3n) is 5.03. The lowest BCUT2D eigenvalue weighted by molar-refractivity contribution is -0.121. The third kappa shape index (κ3) is 4.77. The summed E-state index contributed by atoms with van der Waals surface area (Å²) < 4.78 is 40.1. The molecular formula is C21H25FN2O3S. The number of likely N-dealkylation sites (N-methyl/N-ethyl adjacent to an activating group) is 1. The molecule has 7 heteroatoms. The molecule has 1 aliphatic rings. The van der Waals surface area contributed by atoms with Gasteiger partial charge in [-0.2, -0.15) is 4.31 Å². The lowest BCUT2D eigenvalue weighted by Crippen LogP contribution is -2.40. The number of fused-ring (bicyclic) bond motifs is 1. The van der Waals surface area contributed by atoms with Crippen LogP contribution in [-0.4, -0.2) is 31.7 Å². The minimum atomic E-state index is -3.75. The van der Waals surface area contributed by atoms with E-state index in [0.717, 1.165) is 36.8 Å². The summed E-state index contributed by atoms with van der Waals surface area (Å²) in [5.41, 5.74) is 3.05. The van der Waals surface area contributed by atoms with Crippen LogP contribution in [0.3, 0.4) is 0 Å². The maximum atomic E-state index is 13.0. The molecule has 0 spiro atoms. The Kier molecular flexibility index (Phi) is 6.46. The molecule has 1 amide bonds. The first-order chi connectivity index (χ1) is 13.4. The van der Waals surface area contributed by atoms with E-state index in [4.69, 9.17) is 0 Å². The monoisotopic (exact) mass is 404 g/mol. The van der Waals surface area contributed by atoms with Crippen LogP contribution in [-0.2, 0) is 34.2 Å². The summed E-state index contributed by atoms with van der Waals surface area (Å²) in [6.45, 7) is 1.87. The molecular weight excluding hydrogens is 379 g/mol. The molecule has 0 heterocycles. The highest BCUT2D eigenvalue weighted by Crippen LogP contribution is 2.25. The number of aryl methyl sites for hydroxylation is 2. The number of sulfonamides is 1. The van der Waals surface area contributed by atoms with Crippen molar-refractivity contribution in [2.45, 2.75) is 44.0 Å². The first kappa shape index (κ1) is 20.5. The molecule has 1 aliphatic carbocycles. The Balaban J connectivity index is 1.67. The van der Waals surface area contributed by atoms with Crippen molar-refractivity contribution in [3.8, 4) is 0 Å². The molecule has 28 heavy (non-hydrogen) atoms. The Bertz CT molecular complexity index is 943. The molecule has 0 bridgehead atoms. The summed E-state index contributed by atoms with van der Waals surface area (Å²) in [6, 6.07) is 11.1. The van der Waals surface area contributed by atoms with Gasteiger partial charge in [-0.15, -0.1) is 0 Å². The van der Waals surface area contributed by atoms with Gasteiger partial charge in [-0.05, 0) is 66.6 Å². The van der Waals surface area contributed by atoms with E-state index >= 15 is 0 Å². The minimum Gasteiger partial charge on any atom is -0.351 e. The van der Waals surface area contributed by atoms with Crippen molar-refractivity contribution in [3.05, 3.63) is 65.0 Å². The lowest BCUT2D eigenvalue weighted by Gasteiger charge is -2.22. The van der Waals surface area contributed by atoms with Crippen molar-refractivity contribution in [2.24, 2.45) is 0 Å². The van der Waals surface area contributed by atoms with E-state index in [9.17, 15) is 17.6 Å². The topological polar surface area (TPSA) is 66.5 Å². The van der Waals surface area contributed by atoms with Crippen LogP contribution in [0.15, 0.2) is 47.4 Å². The van der Waals surface area contributed by atoms with Crippen LogP contribution in [0.2, 0.25) is 0 Å². The molecule has 0 aliphatic heterocycles. The fraction of sp³-hybridized carbons (Fsp3) is 0.381. The highest BCUT2D eigenvalue weighted by Gasteiger charge is 2.26. The average Bonchev–Trinajstić information content (AvgIpc) is 2.71. The Morgan fingerprint density at radius 1 is 1.07 bits per heavy atom. The van der Waals surface area contributed by atoms with Gasteiger partial charge in [-0.1, -0.05) is 25.1 Å². The zero-order valence-electron chi connectivity index (χ0n) is 15.9. The average molecular weight is 405 g/mol. The maximum absolute atomic E-state index is 13.0. The SMILES string of the molecule is CCN(CC(=O)NCc1ccc(F)cc1)S(=O)(=O)c1ccc2c(c1)CCCC2. The van der Waals surface area contributed by atoms with E-state index in [1.54, 1.807) is 31.2 Å². The second-order valence-electron chi connectivity index (χ2n) is 6.97. The van der Waals surface area contributed by atoms with Crippen LogP contribution in [0.25, 0.3) is 0 Å². The van der Waals surface area contributed by atoms with Gasteiger partial charge in [-0.25, -0.2) is 12.8 Å². The number of rotatable bonds is 7. The van der Waals surface area contributed by atoms with Gasteiger partial charge in [0.2, 0.25) is 15.9 Å². The molecule has 0 saturated heterocycles. The van der Waals surface area contributed by atoms with E-state index in [-0.39, 0.29) is 30.3 Å². The van der Waals surface area contributed by atoms with E-state index in [1.807, 2.05) is 6.07 Å². The molecule has 2 aromatic rings. The van der Waals surface area contributed by atoms with Crippen LogP contribution in [0.4, 0.5) is 4.39 Å². The number of amides is 1. The highest BCUT2D eigenvalue weighted by molar-refractivity contribution is 7.89. The Hall–Kier alpha value is -2.25. The standard InChI is InChI=1S/C21H25FN2O3S/c1-2-24(15-21(25)23-14-16-7-10-19(22)11-8-16)28(26,27)20-12-9-17-5-3-4-6-18(17)13-20/h7-13H,2-6,14-15H2,1H3,(H,23,25). The van der Waals surface area contributed by atoms with E-state index in [1.165, 1.54) is 22.0 Å². The lowest BCUT2D eigenvalue weighted by atomic mass is 9.92. The van der Waals surface area contributed by atoms with Gasteiger partial charge in [0, 0.05) is 13.1 Å². The molecule has 0 saturated carbocycles. The van der Waals surface area contributed by atoms with Gasteiger partial charge in [0.1, 0.15) is 5.82 Å². The fourth-order valence-corrected chi connectivity index (χ4v) is 4.86. The van der Waals surface area contributed by atoms with Crippen molar-refractivity contribution < 1.29 is 17.6 Å². The number of hydrogen-bond acceptors (Lipinski definition) is 3. The van der Waals surface area contributed by atoms with Gasteiger partial charge in [-0.3, -0.25) is 4.79 Å². The first-order valence-electron chi connectivity index (χ1n) is 9.53. The molecule has 0 unspecified atom stereocenters. The number of carbonyl (C=O) groups excluding carboxylic acids is 1. The predicted molar refractivity (Wildman–Crippen MR) is 106 cm³/mol. The minimum absolute atomic E-state index is 0.198. The number of carbonyl (C=O) groups is 1. The number of halogens is 1. The second kappa shape index (κ2) is 8.84. The Morgan fingerprint density at radius 3 is 2.43 bits per heavy atom. The summed E-state index contributed by atoms with van der Waals surface area (Å²) in [5.74, 6) is -0.740. The zero-order valence-corrected chi connectivity index (χ0v) is 16.8. The van der Waals surface area contributed by atoms with Crippen molar-refractivity contribution in [1.82, 2.24) is 9.62 Å². The second-order valence-corrected chi connectivity index (χ2v) is 8.91. The number of hydrogen-bond donors (Lipinski definition) is 1. The van der Waals surface area contributed by atoms with Crippen LogP contribution in [0.5, 0.6) is 0 Å². The summed E-state index contributed by atoms with van der Waals surface area (Å²) >= 11 is 0. The van der Waals surface area contributed by atoms with E-state index in [0.29, 0.717) is 0 Å². The number of nitrogens with zero attached hydrogens (tertiary/aromatic N) is 1.